The van der Waals surface area contributed by atoms with E-state index in [1.54, 1.807) is 43.5 Å². The molecular weight excluding hydrogens is 403 g/mol. The van der Waals surface area contributed by atoms with Crippen LogP contribution in [0.5, 0.6) is 5.75 Å². The third-order valence-electron chi connectivity index (χ3n) is 3.94. The van der Waals surface area contributed by atoms with Gasteiger partial charge in [-0.2, -0.15) is 0 Å². The van der Waals surface area contributed by atoms with E-state index in [0.29, 0.717) is 26.5 Å². The number of thiazole rings is 1. The van der Waals surface area contributed by atoms with Crippen LogP contribution < -0.4 is 10.1 Å². The smallest absolute Gasteiger partial charge is 0.257 e. The molecule has 0 aliphatic carbocycles. The summed E-state index contributed by atoms with van der Waals surface area (Å²) in [5.74, 6) is 0.489. The van der Waals surface area contributed by atoms with Crippen molar-refractivity contribution in [3.8, 4) is 17.0 Å². The lowest BCUT2D eigenvalue weighted by atomic mass is 10.1. The minimum absolute atomic E-state index is 0.213. The van der Waals surface area contributed by atoms with Gasteiger partial charge < -0.3 is 4.74 Å². The molecule has 1 heterocycles. The van der Waals surface area contributed by atoms with Gasteiger partial charge in [0.25, 0.3) is 5.91 Å². The summed E-state index contributed by atoms with van der Waals surface area (Å²) in [7, 11) is 1.59. The molecule has 0 spiro atoms. The summed E-state index contributed by atoms with van der Waals surface area (Å²) in [4.78, 5) is 18.2. The number of hydrogen-bond donors (Lipinski definition) is 1. The van der Waals surface area contributed by atoms with E-state index < -0.39 is 0 Å². The quantitative estimate of drug-likeness (QED) is 0.506. The summed E-state index contributed by atoms with van der Waals surface area (Å²) in [6, 6.07) is 12.4. The number of carbonyl (C=O) groups excluding carboxylic acids is 1. The summed E-state index contributed by atoms with van der Waals surface area (Å²) in [5.41, 5.74) is 2.25. The average Bonchev–Trinajstić information content (AvgIpc) is 3.06. The van der Waals surface area contributed by atoms with Crippen LogP contribution in [-0.2, 0) is 6.42 Å². The van der Waals surface area contributed by atoms with E-state index in [2.05, 4.69) is 17.2 Å². The number of rotatable bonds is 6. The van der Waals surface area contributed by atoms with Crippen LogP contribution in [-0.4, -0.2) is 18.0 Å². The molecule has 0 saturated carbocycles. The van der Waals surface area contributed by atoms with E-state index >= 15 is 0 Å². The Balaban J connectivity index is 1.87. The van der Waals surface area contributed by atoms with Crippen LogP contribution in [0.2, 0.25) is 10.0 Å². The van der Waals surface area contributed by atoms with E-state index in [1.165, 1.54) is 11.3 Å². The van der Waals surface area contributed by atoms with E-state index in [4.69, 9.17) is 27.9 Å². The second-order valence-corrected chi connectivity index (χ2v) is 7.75. The molecule has 0 bridgehead atoms. The summed E-state index contributed by atoms with van der Waals surface area (Å²) in [6.45, 7) is 2.11. The van der Waals surface area contributed by atoms with Crippen LogP contribution in [0.1, 0.15) is 28.6 Å². The fraction of sp³-hybridized carbons (Fsp3) is 0.200. The molecule has 3 aromatic rings. The van der Waals surface area contributed by atoms with Crippen molar-refractivity contribution in [2.75, 3.05) is 12.4 Å². The molecule has 0 fully saturated rings. The predicted molar refractivity (Wildman–Crippen MR) is 113 cm³/mol. The maximum atomic E-state index is 12.5. The first-order valence-electron chi connectivity index (χ1n) is 8.42. The standard InChI is InChI=1S/C20H18Cl2N2O2S/c1-3-4-17-18(13-7-10-15(21)16(22)11-13)23-20(27-17)24-19(25)12-5-8-14(26-2)9-6-12/h5-11H,3-4H2,1-2H3,(H,23,24,25). The molecule has 0 unspecified atom stereocenters. The van der Waals surface area contributed by atoms with Crippen molar-refractivity contribution in [3.05, 3.63) is 63.0 Å². The number of benzene rings is 2. The Morgan fingerprint density at radius 2 is 1.89 bits per heavy atom. The van der Waals surface area contributed by atoms with Crippen molar-refractivity contribution in [3.63, 3.8) is 0 Å². The zero-order valence-electron chi connectivity index (χ0n) is 14.9. The maximum absolute atomic E-state index is 12.5. The molecule has 1 N–H and O–H groups in total. The largest absolute Gasteiger partial charge is 0.497 e. The fourth-order valence-electron chi connectivity index (χ4n) is 2.58. The number of halogens is 2. The first-order valence-corrected chi connectivity index (χ1v) is 9.99. The highest BCUT2D eigenvalue weighted by Crippen LogP contribution is 2.35. The van der Waals surface area contributed by atoms with Crippen LogP contribution in [0, 0.1) is 0 Å². The van der Waals surface area contributed by atoms with Crippen LogP contribution in [0.25, 0.3) is 11.3 Å². The Labute approximate surface area is 172 Å². The molecule has 1 aromatic heterocycles. The molecule has 4 nitrogen and oxygen atoms in total. The van der Waals surface area contributed by atoms with E-state index in [1.807, 2.05) is 6.07 Å². The van der Waals surface area contributed by atoms with Crippen molar-refractivity contribution < 1.29 is 9.53 Å². The van der Waals surface area contributed by atoms with Gasteiger partial charge in [0.2, 0.25) is 0 Å². The Kier molecular flexibility index (Phi) is 6.37. The molecule has 0 saturated heterocycles. The van der Waals surface area contributed by atoms with Crippen molar-refractivity contribution in [1.29, 1.82) is 0 Å². The van der Waals surface area contributed by atoms with Gasteiger partial charge in [-0.05, 0) is 42.8 Å². The third-order valence-corrected chi connectivity index (χ3v) is 5.71. The van der Waals surface area contributed by atoms with E-state index in [-0.39, 0.29) is 5.91 Å². The molecule has 1 amide bonds. The zero-order valence-corrected chi connectivity index (χ0v) is 17.2. The number of nitrogens with zero attached hydrogens (tertiary/aromatic N) is 1. The minimum atomic E-state index is -0.213. The molecular formula is C20H18Cl2N2O2S. The second kappa shape index (κ2) is 8.74. The highest BCUT2D eigenvalue weighted by Gasteiger charge is 2.16. The summed E-state index contributed by atoms with van der Waals surface area (Å²) in [5, 5.41) is 4.42. The van der Waals surface area contributed by atoms with Gasteiger partial charge >= 0.3 is 0 Å². The number of aryl methyl sites for hydroxylation is 1. The lowest BCUT2D eigenvalue weighted by Gasteiger charge is -2.04. The zero-order chi connectivity index (χ0) is 19.4. The topological polar surface area (TPSA) is 51.2 Å². The molecule has 0 radical (unpaired) electrons. The lowest BCUT2D eigenvalue weighted by Crippen LogP contribution is -2.11. The number of carbonyl (C=O) groups is 1. The van der Waals surface area contributed by atoms with Gasteiger partial charge in [-0.25, -0.2) is 4.98 Å². The number of methoxy groups -OCH3 is 1. The van der Waals surface area contributed by atoms with Crippen molar-refractivity contribution in [2.45, 2.75) is 19.8 Å². The molecule has 7 heteroatoms. The van der Waals surface area contributed by atoms with Gasteiger partial charge in [-0.1, -0.05) is 42.6 Å². The highest BCUT2D eigenvalue weighted by molar-refractivity contribution is 7.16. The Morgan fingerprint density at radius 3 is 2.52 bits per heavy atom. The highest BCUT2D eigenvalue weighted by atomic mass is 35.5. The molecule has 0 aliphatic heterocycles. The van der Waals surface area contributed by atoms with Gasteiger partial charge in [0.05, 0.1) is 22.8 Å². The fourth-order valence-corrected chi connectivity index (χ4v) is 3.96. The molecule has 27 heavy (non-hydrogen) atoms. The first kappa shape index (κ1) is 19.7. The molecule has 2 aromatic carbocycles. The first-order chi connectivity index (χ1) is 13.0. The van der Waals surface area contributed by atoms with Gasteiger partial charge in [0.15, 0.2) is 5.13 Å². The van der Waals surface area contributed by atoms with Crippen LogP contribution >= 0.6 is 34.5 Å². The van der Waals surface area contributed by atoms with Crippen LogP contribution in [0.3, 0.4) is 0 Å². The Bertz CT molecular complexity index is 955. The maximum Gasteiger partial charge on any atom is 0.257 e. The molecule has 0 atom stereocenters. The van der Waals surface area contributed by atoms with Crippen LogP contribution in [0.4, 0.5) is 5.13 Å². The molecule has 3 rings (SSSR count). The molecule has 140 valence electrons. The summed E-state index contributed by atoms with van der Waals surface area (Å²) >= 11 is 13.6. The summed E-state index contributed by atoms with van der Waals surface area (Å²) < 4.78 is 5.12. The number of aromatic nitrogens is 1. The van der Waals surface area contributed by atoms with E-state index in [9.17, 15) is 4.79 Å². The number of nitrogens with one attached hydrogen (secondary N) is 1. The van der Waals surface area contributed by atoms with Crippen LogP contribution in [0.15, 0.2) is 42.5 Å². The Morgan fingerprint density at radius 1 is 1.15 bits per heavy atom. The van der Waals surface area contributed by atoms with Crippen molar-refractivity contribution in [2.24, 2.45) is 0 Å². The lowest BCUT2D eigenvalue weighted by molar-refractivity contribution is 0.102. The predicted octanol–water partition coefficient (Wildman–Crippen LogP) is 6.33. The van der Waals surface area contributed by atoms with Gasteiger partial charge in [0, 0.05) is 16.0 Å². The van der Waals surface area contributed by atoms with Crippen molar-refractivity contribution in [1.82, 2.24) is 4.98 Å². The number of anilines is 1. The molecule has 0 aliphatic rings. The third kappa shape index (κ3) is 4.61. The van der Waals surface area contributed by atoms with Gasteiger partial charge in [-0.3, -0.25) is 10.1 Å². The normalized spacial score (nSPS) is 10.7. The average molecular weight is 421 g/mol. The number of ether oxygens (including phenoxy) is 1. The second-order valence-electron chi connectivity index (χ2n) is 5.85. The van der Waals surface area contributed by atoms with Gasteiger partial charge in [-0.15, -0.1) is 11.3 Å². The van der Waals surface area contributed by atoms with Crippen molar-refractivity contribution >= 4 is 45.6 Å². The Hall–Kier alpha value is -2.08. The monoisotopic (exact) mass is 420 g/mol. The number of amides is 1. The van der Waals surface area contributed by atoms with Gasteiger partial charge in [0.1, 0.15) is 5.75 Å². The minimum Gasteiger partial charge on any atom is -0.497 e. The SMILES string of the molecule is CCCc1sc(NC(=O)c2ccc(OC)cc2)nc1-c1ccc(Cl)c(Cl)c1. The van der Waals surface area contributed by atoms with E-state index in [0.717, 1.165) is 29.0 Å². The number of hydrogen-bond acceptors (Lipinski definition) is 4. The summed E-state index contributed by atoms with van der Waals surface area (Å²) in [6.07, 6.45) is 1.84.